The Bertz CT molecular complexity index is 1050. The van der Waals surface area contributed by atoms with Crippen molar-refractivity contribution >= 4 is 27.4 Å². The van der Waals surface area contributed by atoms with Gasteiger partial charge in [0.1, 0.15) is 11.4 Å². The zero-order valence-corrected chi connectivity index (χ0v) is 16.5. The number of aryl methyl sites for hydroxylation is 1. The number of benzene rings is 1. The van der Waals surface area contributed by atoms with Gasteiger partial charge in [0.25, 0.3) is 0 Å². The number of hydrogen-bond acceptors (Lipinski definition) is 6. The molecule has 152 valence electrons. The molecule has 10 heteroatoms. The van der Waals surface area contributed by atoms with Gasteiger partial charge < -0.3 is 19.7 Å². The smallest absolute Gasteiger partial charge is 0.341 e. The van der Waals surface area contributed by atoms with E-state index in [0.717, 1.165) is 25.9 Å². The maximum Gasteiger partial charge on any atom is 0.341 e. The molecule has 0 saturated carbocycles. The number of rotatable bonds is 6. The van der Waals surface area contributed by atoms with E-state index in [2.05, 4.69) is 9.68 Å². The molecule has 0 bridgehead atoms. The van der Waals surface area contributed by atoms with Crippen molar-refractivity contribution in [2.24, 2.45) is 4.36 Å². The van der Waals surface area contributed by atoms with Crippen molar-refractivity contribution in [2.75, 3.05) is 26.7 Å². The molecule has 0 aliphatic carbocycles. The Kier molecular flexibility index (Phi) is 5.99. The van der Waals surface area contributed by atoms with Gasteiger partial charge in [-0.2, -0.15) is 12.8 Å². The van der Waals surface area contributed by atoms with Crippen LogP contribution >= 0.6 is 0 Å². The monoisotopic (exact) mass is 411 g/mol. The fourth-order valence-electron chi connectivity index (χ4n) is 3.96. The van der Waals surface area contributed by atoms with Gasteiger partial charge in [0.15, 0.2) is 0 Å². The first-order chi connectivity index (χ1) is 13.4. The van der Waals surface area contributed by atoms with Crippen LogP contribution in [0.15, 0.2) is 10.4 Å². The van der Waals surface area contributed by atoms with Crippen molar-refractivity contribution in [3.05, 3.63) is 28.6 Å². The van der Waals surface area contributed by atoms with Crippen LogP contribution in [0, 0.1) is 12.7 Å². The number of piperidine rings is 1. The number of carboxylic acids is 1. The Morgan fingerprint density at radius 2 is 2.11 bits per heavy atom. The SMILES string of the molecule is COc1c(C(=O)O)c2c(C)c(F)c(C3CCNCC3)cc2n1CCN=S(=O)=O. The molecule has 2 aromatic rings. The zero-order valence-electron chi connectivity index (χ0n) is 15.7. The van der Waals surface area contributed by atoms with Crippen LogP contribution in [-0.4, -0.2) is 50.8 Å². The number of ether oxygens (including phenoxy) is 1. The Labute approximate surface area is 163 Å². The topological polar surface area (TPSA) is 110 Å². The van der Waals surface area contributed by atoms with Gasteiger partial charge in [-0.1, -0.05) is 0 Å². The summed E-state index contributed by atoms with van der Waals surface area (Å²) in [7, 11) is -1.23. The lowest BCUT2D eigenvalue weighted by molar-refractivity contribution is 0.0694. The fourth-order valence-corrected chi connectivity index (χ4v) is 4.19. The average molecular weight is 411 g/mol. The summed E-state index contributed by atoms with van der Waals surface area (Å²) >= 11 is 0. The number of aromatic carboxylic acids is 1. The molecule has 1 fully saturated rings. The highest BCUT2D eigenvalue weighted by atomic mass is 32.2. The first kappa shape index (κ1) is 20.3. The Morgan fingerprint density at radius 1 is 1.43 bits per heavy atom. The molecule has 1 aromatic carbocycles. The molecule has 0 atom stereocenters. The number of nitrogens with zero attached hydrogens (tertiary/aromatic N) is 2. The predicted molar refractivity (Wildman–Crippen MR) is 101 cm³/mol. The summed E-state index contributed by atoms with van der Waals surface area (Å²) in [5.74, 6) is -1.54. The van der Waals surface area contributed by atoms with Crippen LogP contribution in [0.25, 0.3) is 10.9 Å². The second kappa shape index (κ2) is 8.27. The maximum absolute atomic E-state index is 15.2. The molecule has 0 radical (unpaired) electrons. The molecule has 28 heavy (non-hydrogen) atoms. The fraction of sp³-hybridized carbons (Fsp3) is 0.500. The van der Waals surface area contributed by atoms with Crippen molar-refractivity contribution in [1.29, 1.82) is 0 Å². The second-order valence-corrected chi connectivity index (χ2v) is 7.43. The van der Waals surface area contributed by atoms with Gasteiger partial charge in [0.05, 0.1) is 19.2 Å². The summed E-state index contributed by atoms with van der Waals surface area (Å²) in [6.45, 7) is 3.17. The molecule has 3 rings (SSSR count). The minimum atomic E-state index is -2.56. The maximum atomic E-state index is 15.2. The van der Waals surface area contributed by atoms with E-state index in [1.54, 1.807) is 17.6 Å². The number of halogens is 1. The third-order valence-electron chi connectivity index (χ3n) is 5.21. The van der Waals surface area contributed by atoms with E-state index in [9.17, 15) is 18.3 Å². The van der Waals surface area contributed by atoms with Gasteiger partial charge >= 0.3 is 16.5 Å². The standard InChI is InChI=1S/C18H22FN3O5S/c1-10-14-13(9-12(16(10)19)11-3-5-20-6-4-11)22(8-7-21-28(25)26)17(27-2)15(14)18(23)24/h9,11,20H,3-8H2,1-2H3,(H,23,24). The van der Waals surface area contributed by atoms with Gasteiger partial charge in [-0.25, -0.2) is 9.18 Å². The third-order valence-corrected chi connectivity index (χ3v) is 5.61. The largest absolute Gasteiger partial charge is 0.482 e. The Hall–Kier alpha value is -2.46. The van der Waals surface area contributed by atoms with Crippen LogP contribution in [0.4, 0.5) is 4.39 Å². The van der Waals surface area contributed by atoms with Crippen molar-refractivity contribution < 1.29 is 27.4 Å². The van der Waals surface area contributed by atoms with E-state index in [1.165, 1.54) is 7.11 Å². The number of methoxy groups -OCH3 is 1. The summed E-state index contributed by atoms with van der Waals surface area (Å²) in [4.78, 5) is 11.9. The average Bonchev–Trinajstić information content (AvgIpc) is 2.99. The zero-order chi connectivity index (χ0) is 20.4. The number of aromatic nitrogens is 1. The van der Waals surface area contributed by atoms with Crippen LogP contribution in [0.5, 0.6) is 5.88 Å². The van der Waals surface area contributed by atoms with Crippen LogP contribution in [0.3, 0.4) is 0 Å². The molecular formula is C18H22FN3O5S. The number of carbonyl (C=O) groups is 1. The first-order valence-electron chi connectivity index (χ1n) is 8.96. The van der Waals surface area contributed by atoms with Crippen LogP contribution in [0.1, 0.15) is 40.2 Å². The molecule has 1 aromatic heterocycles. The summed E-state index contributed by atoms with van der Waals surface area (Å²) in [5, 5.41) is 13.2. The van der Waals surface area contributed by atoms with E-state index >= 15 is 4.39 Å². The number of carboxylic acid groups (broad SMARTS) is 1. The van der Waals surface area contributed by atoms with Crippen molar-refractivity contribution in [1.82, 2.24) is 9.88 Å². The summed E-state index contributed by atoms with van der Waals surface area (Å²) < 4.78 is 46.9. The normalized spacial score (nSPS) is 15.0. The second-order valence-electron chi connectivity index (χ2n) is 6.73. The molecule has 2 heterocycles. The molecule has 1 aliphatic rings. The van der Waals surface area contributed by atoms with Crippen LogP contribution in [-0.2, 0) is 17.0 Å². The van der Waals surface area contributed by atoms with Crippen LogP contribution in [0.2, 0.25) is 0 Å². The molecular weight excluding hydrogens is 389 g/mol. The Balaban J connectivity index is 2.27. The molecule has 0 amide bonds. The van der Waals surface area contributed by atoms with Crippen molar-refractivity contribution in [2.45, 2.75) is 32.2 Å². The highest BCUT2D eigenvalue weighted by Gasteiger charge is 2.29. The summed E-state index contributed by atoms with van der Waals surface area (Å²) in [6, 6.07) is 1.68. The lowest BCUT2D eigenvalue weighted by Crippen LogP contribution is -2.27. The highest BCUT2D eigenvalue weighted by molar-refractivity contribution is 7.61. The molecule has 0 unspecified atom stereocenters. The minimum absolute atomic E-state index is 0.0332. The van der Waals surface area contributed by atoms with Gasteiger partial charge in [0.2, 0.25) is 5.88 Å². The van der Waals surface area contributed by atoms with Gasteiger partial charge in [-0.05, 0) is 56.0 Å². The van der Waals surface area contributed by atoms with E-state index in [4.69, 9.17) is 4.74 Å². The predicted octanol–water partition coefficient (Wildman–Crippen LogP) is 2.33. The van der Waals surface area contributed by atoms with Gasteiger partial charge in [-0.15, -0.1) is 0 Å². The lowest BCUT2D eigenvalue weighted by Gasteiger charge is -2.24. The molecule has 1 aliphatic heterocycles. The number of nitrogens with one attached hydrogen (secondary N) is 1. The quantitative estimate of drug-likeness (QED) is 0.755. The van der Waals surface area contributed by atoms with Gasteiger partial charge in [-0.3, -0.25) is 0 Å². The third kappa shape index (κ3) is 3.61. The highest BCUT2D eigenvalue weighted by Crippen LogP contribution is 2.39. The molecule has 1 saturated heterocycles. The minimum Gasteiger partial charge on any atom is -0.482 e. The number of fused-ring (bicyclic) bond motifs is 1. The lowest BCUT2D eigenvalue weighted by atomic mass is 9.87. The summed E-state index contributed by atoms with van der Waals surface area (Å²) in [5.41, 5.74) is 1.18. The number of hydrogen-bond donors (Lipinski definition) is 2. The molecule has 0 spiro atoms. The van der Waals surface area contributed by atoms with Crippen molar-refractivity contribution in [3.63, 3.8) is 0 Å². The Morgan fingerprint density at radius 3 is 2.68 bits per heavy atom. The van der Waals surface area contributed by atoms with E-state index in [1.807, 2.05) is 0 Å². The molecule has 8 nitrogen and oxygen atoms in total. The van der Waals surface area contributed by atoms with E-state index < -0.39 is 22.3 Å². The van der Waals surface area contributed by atoms with E-state index in [-0.39, 0.29) is 41.4 Å². The van der Waals surface area contributed by atoms with E-state index in [0.29, 0.717) is 11.1 Å². The summed E-state index contributed by atoms with van der Waals surface area (Å²) in [6.07, 6.45) is 1.58. The van der Waals surface area contributed by atoms with Crippen LogP contribution < -0.4 is 10.1 Å². The first-order valence-corrected chi connectivity index (χ1v) is 10.00. The molecule has 2 N–H and O–H groups in total. The van der Waals surface area contributed by atoms with Gasteiger partial charge in [0, 0.05) is 11.9 Å². The van der Waals surface area contributed by atoms with Crippen molar-refractivity contribution in [3.8, 4) is 5.88 Å².